The number of aromatic carboxylic acids is 1. The molecule has 0 aliphatic rings. The first-order chi connectivity index (χ1) is 7.52. The minimum absolute atomic E-state index is 0.279. The average Bonchev–Trinajstić information content (AvgIpc) is 2.16. The van der Waals surface area contributed by atoms with Crippen molar-refractivity contribution in [3.05, 3.63) is 28.2 Å². The Bertz CT molecular complexity index is 380. The Morgan fingerprint density at radius 2 is 2.19 bits per heavy atom. The number of nitrogens with one attached hydrogen (secondary N) is 1. The SMILES string of the molecule is CN(C)CCNc1cccc(Br)c1C(=O)O. The first-order valence-electron chi connectivity index (χ1n) is 4.92. The first kappa shape index (κ1) is 13.0. The van der Waals surface area contributed by atoms with Crippen LogP contribution in [0.3, 0.4) is 0 Å². The molecule has 0 saturated carbocycles. The van der Waals surface area contributed by atoms with E-state index in [1.165, 1.54) is 0 Å². The molecule has 88 valence electrons. The fourth-order valence-electron chi connectivity index (χ4n) is 1.30. The maximum Gasteiger partial charge on any atom is 0.338 e. The van der Waals surface area contributed by atoms with Crippen LogP contribution < -0.4 is 5.32 Å². The number of halogens is 1. The summed E-state index contributed by atoms with van der Waals surface area (Å²) in [6, 6.07) is 5.30. The molecule has 0 amide bonds. The van der Waals surface area contributed by atoms with E-state index in [1.807, 2.05) is 25.1 Å². The lowest BCUT2D eigenvalue weighted by molar-refractivity contribution is 0.0697. The van der Waals surface area contributed by atoms with Crippen molar-refractivity contribution in [2.75, 3.05) is 32.5 Å². The molecule has 0 aliphatic carbocycles. The van der Waals surface area contributed by atoms with Gasteiger partial charge >= 0.3 is 5.97 Å². The van der Waals surface area contributed by atoms with Gasteiger partial charge in [0.15, 0.2) is 0 Å². The maximum absolute atomic E-state index is 11.1. The van der Waals surface area contributed by atoms with Gasteiger partial charge in [0, 0.05) is 23.2 Å². The standard InChI is InChI=1S/C11H15BrN2O2/c1-14(2)7-6-13-9-5-3-4-8(12)10(9)11(15)16/h3-5,13H,6-7H2,1-2H3,(H,15,16). The zero-order valence-electron chi connectivity index (χ0n) is 9.33. The summed E-state index contributed by atoms with van der Waals surface area (Å²) in [5, 5.41) is 12.2. The molecule has 0 unspecified atom stereocenters. The largest absolute Gasteiger partial charge is 0.478 e. The Labute approximate surface area is 103 Å². The quantitative estimate of drug-likeness (QED) is 0.871. The second-order valence-electron chi connectivity index (χ2n) is 3.70. The van der Waals surface area contributed by atoms with Crippen LogP contribution in [-0.4, -0.2) is 43.2 Å². The molecular weight excluding hydrogens is 272 g/mol. The normalized spacial score (nSPS) is 10.5. The molecule has 1 aromatic rings. The highest BCUT2D eigenvalue weighted by Crippen LogP contribution is 2.24. The van der Waals surface area contributed by atoms with Gasteiger partial charge in [0.2, 0.25) is 0 Å². The number of hydrogen-bond donors (Lipinski definition) is 2. The predicted molar refractivity (Wildman–Crippen MR) is 68.1 cm³/mol. The third-order valence-electron chi connectivity index (χ3n) is 2.10. The van der Waals surface area contributed by atoms with E-state index >= 15 is 0 Å². The number of anilines is 1. The van der Waals surface area contributed by atoms with Crippen LogP contribution in [0.5, 0.6) is 0 Å². The van der Waals surface area contributed by atoms with Gasteiger partial charge in [-0.15, -0.1) is 0 Å². The van der Waals surface area contributed by atoms with Crippen molar-refractivity contribution in [3.8, 4) is 0 Å². The van der Waals surface area contributed by atoms with Crippen LogP contribution in [0.2, 0.25) is 0 Å². The summed E-state index contributed by atoms with van der Waals surface area (Å²) in [7, 11) is 3.95. The molecule has 0 spiro atoms. The number of carboxylic acid groups (broad SMARTS) is 1. The number of rotatable bonds is 5. The number of benzene rings is 1. The maximum atomic E-state index is 11.1. The molecular formula is C11H15BrN2O2. The Hall–Kier alpha value is -1.07. The summed E-state index contributed by atoms with van der Waals surface area (Å²) in [5.41, 5.74) is 0.921. The van der Waals surface area contributed by atoms with Gasteiger partial charge in [-0.2, -0.15) is 0 Å². The lowest BCUT2D eigenvalue weighted by atomic mass is 10.2. The minimum atomic E-state index is -0.931. The first-order valence-corrected chi connectivity index (χ1v) is 5.72. The van der Waals surface area contributed by atoms with Crippen molar-refractivity contribution in [1.82, 2.24) is 4.90 Å². The molecule has 2 N–H and O–H groups in total. The molecule has 1 rings (SSSR count). The Balaban J connectivity index is 2.79. The van der Waals surface area contributed by atoms with Gasteiger partial charge in [-0.3, -0.25) is 0 Å². The van der Waals surface area contributed by atoms with E-state index in [1.54, 1.807) is 12.1 Å². The lowest BCUT2D eigenvalue weighted by Crippen LogP contribution is -2.21. The number of carboxylic acids is 1. The monoisotopic (exact) mass is 286 g/mol. The molecule has 5 heteroatoms. The van der Waals surface area contributed by atoms with Crippen LogP contribution in [-0.2, 0) is 0 Å². The van der Waals surface area contributed by atoms with Gasteiger partial charge in [0.05, 0.1) is 5.56 Å². The van der Waals surface area contributed by atoms with Gasteiger partial charge in [-0.25, -0.2) is 4.79 Å². The molecule has 0 fully saturated rings. The Morgan fingerprint density at radius 3 is 2.75 bits per heavy atom. The van der Waals surface area contributed by atoms with Crippen molar-refractivity contribution < 1.29 is 9.90 Å². The molecule has 1 aromatic carbocycles. The van der Waals surface area contributed by atoms with Gasteiger partial charge < -0.3 is 15.3 Å². The van der Waals surface area contributed by atoms with E-state index < -0.39 is 5.97 Å². The molecule has 0 heterocycles. The summed E-state index contributed by atoms with van der Waals surface area (Å²) in [6.07, 6.45) is 0. The van der Waals surface area contributed by atoms with Crippen molar-refractivity contribution in [3.63, 3.8) is 0 Å². The Morgan fingerprint density at radius 1 is 1.50 bits per heavy atom. The third-order valence-corrected chi connectivity index (χ3v) is 2.76. The van der Waals surface area contributed by atoms with E-state index in [9.17, 15) is 4.79 Å². The van der Waals surface area contributed by atoms with Gasteiger partial charge in [0.25, 0.3) is 0 Å². The highest BCUT2D eigenvalue weighted by Gasteiger charge is 2.13. The average molecular weight is 287 g/mol. The number of carbonyl (C=O) groups is 1. The summed E-state index contributed by atoms with van der Waals surface area (Å²) in [5.74, 6) is -0.931. The van der Waals surface area contributed by atoms with Crippen molar-refractivity contribution in [2.45, 2.75) is 0 Å². The number of nitrogens with zero attached hydrogens (tertiary/aromatic N) is 1. The summed E-state index contributed by atoms with van der Waals surface area (Å²) in [6.45, 7) is 1.56. The zero-order valence-corrected chi connectivity index (χ0v) is 10.9. The topological polar surface area (TPSA) is 52.6 Å². The molecule has 0 aliphatic heterocycles. The van der Waals surface area contributed by atoms with Crippen LogP contribution in [0.15, 0.2) is 22.7 Å². The van der Waals surface area contributed by atoms with E-state index in [4.69, 9.17) is 5.11 Å². The van der Waals surface area contributed by atoms with Gasteiger partial charge in [0.1, 0.15) is 0 Å². The van der Waals surface area contributed by atoms with Crippen LogP contribution in [0.4, 0.5) is 5.69 Å². The summed E-state index contributed by atoms with van der Waals surface area (Å²) < 4.78 is 0.592. The molecule has 4 nitrogen and oxygen atoms in total. The van der Waals surface area contributed by atoms with Gasteiger partial charge in [-0.05, 0) is 42.2 Å². The summed E-state index contributed by atoms with van der Waals surface area (Å²) in [4.78, 5) is 13.1. The van der Waals surface area contributed by atoms with Crippen LogP contribution in [0.1, 0.15) is 10.4 Å². The minimum Gasteiger partial charge on any atom is -0.478 e. The van der Waals surface area contributed by atoms with Crippen LogP contribution >= 0.6 is 15.9 Å². The molecule has 16 heavy (non-hydrogen) atoms. The number of hydrogen-bond acceptors (Lipinski definition) is 3. The van der Waals surface area contributed by atoms with E-state index in [2.05, 4.69) is 21.2 Å². The molecule has 0 bridgehead atoms. The van der Waals surface area contributed by atoms with E-state index in [0.29, 0.717) is 16.7 Å². The molecule has 0 radical (unpaired) electrons. The van der Waals surface area contributed by atoms with E-state index in [-0.39, 0.29) is 5.56 Å². The molecule has 0 saturated heterocycles. The van der Waals surface area contributed by atoms with Gasteiger partial charge in [-0.1, -0.05) is 6.07 Å². The highest BCUT2D eigenvalue weighted by atomic mass is 79.9. The second kappa shape index (κ2) is 5.86. The molecule has 0 aromatic heterocycles. The lowest BCUT2D eigenvalue weighted by Gasteiger charge is -2.13. The fourth-order valence-corrected chi connectivity index (χ4v) is 1.84. The molecule has 0 atom stereocenters. The van der Waals surface area contributed by atoms with Crippen molar-refractivity contribution in [1.29, 1.82) is 0 Å². The highest BCUT2D eigenvalue weighted by molar-refractivity contribution is 9.10. The second-order valence-corrected chi connectivity index (χ2v) is 4.55. The smallest absolute Gasteiger partial charge is 0.338 e. The van der Waals surface area contributed by atoms with Crippen molar-refractivity contribution >= 4 is 27.6 Å². The van der Waals surface area contributed by atoms with Crippen LogP contribution in [0, 0.1) is 0 Å². The van der Waals surface area contributed by atoms with Crippen LogP contribution in [0.25, 0.3) is 0 Å². The third kappa shape index (κ3) is 3.50. The number of likely N-dealkylation sites (N-methyl/N-ethyl adjacent to an activating group) is 1. The zero-order chi connectivity index (χ0) is 12.1. The Kier molecular flexibility index (Phi) is 4.76. The van der Waals surface area contributed by atoms with Crippen molar-refractivity contribution in [2.24, 2.45) is 0 Å². The van der Waals surface area contributed by atoms with E-state index in [0.717, 1.165) is 6.54 Å². The predicted octanol–water partition coefficient (Wildman–Crippen LogP) is 2.12. The fraction of sp³-hybridized carbons (Fsp3) is 0.364. The summed E-state index contributed by atoms with van der Waals surface area (Å²) >= 11 is 3.24.